The second kappa shape index (κ2) is 3.67. The quantitative estimate of drug-likeness (QED) is 0.528. The zero-order valence-corrected chi connectivity index (χ0v) is 6.17. The Morgan fingerprint density at radius 3 is 2.15 bits per heavy atom. The van der Waals surface area contributed by atoms with Crippen molar-refractivity contribution in [1.82, 2.24) is 0 Å². The minimum atomic E-state index is -2.40. The first-order valence-corrected chi connectivity index (χ1v) is 3.18. The van der Waals surface area contributed by atoms with Gasteiger partial charge in [0.15, 0.2) is 17.4 Å². The van der Waals surface area contributed by atoms with Gasteiger partial charge in [0.1, 0.15) is 0 Å². The zero-order chi connectivity index (χ0) is 10.0. The number of benzene rings is 1. The fraction of sp³-hybridized carbons (Fsp3) is 0. The van der Waals surface area contributed by atoms with E-state index in [9.17, 15) is 13.2 Å². The average molecular weight is 192 g/mol. The van der Waals surface area contributed by atoms with Crippen LogP contribution in [-0.2, 0) is 0 Å². The Balaban J connectivity index is 3.10. The van der Waals surface area contributed by atoms with Crippen LogP contribution >= 0.6 is 0 Å². The van der Waals surface area contributed by atoms with E-state index in [4.69, 9.17) is 10.0 Å². The molecule has 0 aliphatic rings. The molecule has 0 aromatic heterocycles. The first-order chi connectivity index (χ1) is 6.02. The molecule has 0 heterocycles. The molecule has 0 aliphatic carbocycles. The van der Waals surface area contributed by atoms with E-state index in [2.05, 4.69) is 4.65 Å². The van der Waals surface area contributed by atoms with Crippen molar-refractivity contribution in [3.8, 4) is 5.75 Å². The summed E-state index contributed by atoms with van der Waals surface area (Å²) in [5, 5.41) is 16.4. The second-order valence-corrected chi connectivity index (χ2v) is 2.12. The topological polar surface area (TPSA) is 49.7 Å². The van der Waals surface area contributed by atoms with E-state index in [1.54, 1.807) is 0 Å². The molecule has 0 bridgehead atoms. The molecule has 0 fully saturated rings. The van der Waals surface area contributed by atoms with Gasteiger partial charge in [0.25, 0.3) is 0 Å². The smallest absolute Gasteiger partial charge is 0.507 e. The van der Waals surface area contributed by atoms with Crippen molar-refractivity contribution in [2.75, 3.05) is 0 Å². The van der Waals surface area contributed by atoms with E-state index in [0.717, 1.165) is 0 Å². The van der Waals surface area contributed by atoms with Crippen LogP contribution in [0.2, 0.25) is 0 Å². The van der Waals surface area contributed by atoms with Gasteiger partial charge in [-0.3, -0.25) is 0 Å². The standard InChI is InChI=1S/C6H4BF3O3/c8-3-1-2-4(9)6(5(3)10)13-7(11)12/h1-2,11-12H. The van der Waals surface area contributed by atoms with Crippen molar-refractivity contribution < 1.29 is 27.9 Å². The molecule has 1 aromatic carbocycles. The summed E-state index contributed by atoms with van der Waals surface area (Å²) < 4.78 is 41.6. The van der Waals surface area contributed by atoms with Crippen molar-refractivity contribution in [3.05, 3.63) is 29.6 Å². The largest absolute Gasteiger partial charge is 0.707 e. The van der Waals surface area contributed by atoms with E-state index >= 15 is 0 Å². The molecule has 0 atom stereocenters. The van der Waals surface area contributed by atoms with Gasteiger partial charge in [-0.15, -0.1) is 0 Å². The summed E-state index contributed by atoms with van der Waals surface area (Å²) in [6, 6.07) is 1.16. The van der Waals surface area contributed by atoms with Crippen LogP contribution in [0.25, 0.3) is 0 Å². The van der Waals surface area contributed by atoms with Gasteiger partial charge in [-0.2, -0.15) is 4.39 Å². The summed E-state index contributed by atoms with van der Waals surface area (Å²) >= 11 is 0. The predicted octanol–water partition coefficient (Wildman–Crippen LogP) is 0.452. The fourth-order valence-electron chi connectivity index (χ4n) is 0.722. The van der Waals surface area contributed by atoms with E-state index in [0.29, 0.717) is 12.1 Å². The lowest BCUT2D eigenvalue weighted by Gasteiger charge is -2.06. The maximum atomic E-state index is 12.7. The lowest BCUT2D eigenvalue weighted by atomic mass is 10.2. The summed E-state index contributed by atoms with van der Waals surface area (Å²) in [6.07, 6.45) is 0. The molecule has 0 radical (unpaired) electrons. The van der Waals surface area contributed by atoms with Crippen LogP contribution in [0.3, 0.4) is 0 Å². The van der Waals surface area contributed by atoms with Crippen molar-refractivity contribution in [2.45, 2.75) is 0 Å². The maximum absolute atomic E-state index is 12.7. The van der Waals surface area contributed by atoms with Crippen LogP contribution in [0, 0.1) is 17.5 Å². The molecule has 70 valence electrons. The van der Waals surface area contributed by atoms with Crippen molar-refractivity contribution in [1.29, 1.82) is 0 Å². The Kier molecular flexibility index (Phi) is 2.79. The monoisotopic (exact) mass is 192 g/mol. The third-order valence-corrected chi connectivity index (χ3v) is 1.23. The number of rotatable bonds is 2. The zero-order valence-electron chi connectivity index (χ0n) is 6.17. The van der Waals surface area contributed by atoms with Crippen molar-refractivity contribution in [2.24, 2.45) is 0 Å². The van der Waals surface area contributed by atoms with Gasteiger partial charge >= 0.3 is 7.32 Å². The van der Waals surface area contributed by atoms with Crippen LogP contribution in [0.15, 0.2) is 12.1 Å². The van der Waals surface area contributed by atoms with Gasteiger partial charge in [0.2, 0.25) is 5.82 Å². The third kappa shape index (κ3) is 2.13. The van der Waals surface area contributed by atoms with Crippen LogP contribution in [0.1, 0.15) is 0 Å². The summed E-state index contributed by atoms with van der Waals surface area (Å²) in [6.45, 7) is 0. The highest BCUT2D eigenvalue weighted by molar-refractivity contribution is 6.33. The molecule has 0 spiro atoms. The molecule has 0 unspecified atom stereocenters. The Bertz CT molecular complexity index is 318. The lowest BCUT2D eigenvalue weighted by Crippen LogP contribution is -2.22. The maximum Gasteiger partial charge on any atom is 0.707 e. The Morgan fingerprint density at radius 2 is 1.62 bits per heavy atom. The van der Waals surface area contributed by atoms with Crippen LogP contribution in [0.5, 0.6) is 5.75 Å². The van der Waals surface area contributed by atoms with E-state index in [1.807, 2.05) is 0 Å². The average Bonchev–Trinajstić information content (AvgIpc) is 2.05. The number of hydrogen-bond donors (Lipinski definition) is 2. The van der Waals surface area contributed by atoms with Gasteiger partial charge in [-0.25, -0.2) is 8.78 Å². The molecule has 1 rings (SSSR count). The normalized spacial score (nSPS) is 9.92. The molecule has 2 N–H and O–H groups in total. The summed E-state index contributed by atoms with van der Waals surface area (Å²) in [7, 11) is -2.40. The summed E-state index contributed by atoms with van der Waals surface area (Å²) in [5.41, 5.74) is 0. The Hall–Kier alpha value is -1.21. The first kappa shape index (κ1) is 9.88. The van der Waals surface area contributed by atoms with Gasteiger partial charge < -0.3 is 14.7 Å². The highest BCUT2D eigenvalue weighted by atomic mass is 19.2. The fourth-order valence-corrected chi connectivity index (χ4v) is 0.722. The molecule has 0 saturated carbocycles. The predicted molar refractivity (Wildman–Crippen MR) is 37.1 cm³/mol. The summed E-state index contributed by atoms with van der Waals surface area (Å²) in [5.74, 6) is -5.31. The van der Waals surface area contributed by atoms with Crippen molar-refractivity contribution in [3.63, 3.8) is 0 Å². The second-order valence-electron chi connectivity index (χ2n) is 2.12. The van der Waals surface area contributed by atoms with Crippen LogP contribution in [-0.4, -0.2) is 17.4 Å². The van der Waals surface area contributed by atoms with Crippen LogP contribution < -0.4 is 4.65 Å². The van der Waals surface area contributed by atoms with E-state index in [-0.39, 0.29) is 0 Å². The minimum Gasteiger partial charge on any atom is -0.507 e. The van der Waals surface area contributed by atoms with Gasteiger partial charge in [0.05, 0.1) is 0 Å². The Morgan fingerprint density at radius 1 is 1.08 bits per heavy atom. The van der Waals surface area contributed by atoms with E-state index in [1.165, 1.54) is 0 Å². The molecule has 0 amide bonds. The molecule has 3 nitrogen and oxygen atoms in total. The molecule has 1 aromatic rings. The molecular formula is C6H4BF3O3. The number of halogens is 3. The van der Waals surface area contributed by atoms with Gasteiger partial charge in [0, 0.05) is 0 Å². The Labute approximate surface area is 71.6 Å². The lowest BCUT2D eigenvalue weighted by molar-refractivity contribution is 0.271. The summed E-state index contributed by atoms with van der Waals surface area (Å²) in [4.78, 5) is 0. The molecule has 0 aliphatic heterocycles. The first-order valence-electron chi connectivity index (χ1n) is 3.18. The molecular weight excluding hydrogens is 188 g/mol. The third-order valence-electron chi connectivity index (χ3n) is 1.23. The number of hydrogen-bond acceptors (Lipinski definition) is 3. The molecule has 0 saturated heterocycles. The van der Waals surface area contributed by atoms with Crippen LogP contribution in [0.4, 0.5) is 13.2 Å². The minimum absolute atomic E-state index is 0.557. The van der Waals surface area contributed by atoms with Gasteiger partial charge in [-0.05, 0) is 12.1 Å². The SMILES string of the molecule is OB(O)Oc1c(F)ccc(F)c1F. The highest BCUT2D eigenvalue weighted by Gasteiger charge is 2.20. The van der Waals surface area contributed by atoms with Gasteiger partial charge in [-0.1, -0.05) is 0 Å². The highest BCUT2D eigenvalue weighted by Crippen LogP contribution is 2.23. The van der Waals surface area contributed by atoms with Crippen molar-refractivity contribution >= 4 is 7.32 Å². The molecule has 7 heteroatoms. The molecule has 13 heavy (non-hydrogen) atoms. The van der Waals surface area contributed by atoms with E-state index < -0.39 is 30.5 Å².